The van der Waals surface area contributed by atoms with Gasteiger partial charge in [0.25, 0.3) is 0 Å². The largest absolute Gasteiger partial charge is 0.473 e. The highest BCUT2D eigenvalue weighted by Gasteiger charge is 2.61. The lowest BCUT2D eigenvalue weighted by atomic mass is 9.44. The molecule has 5 fully saturated rings. The summed E-state index contributed by atoms with van der Waals surface area (Å²) in [5.41, 5.74) is 0.594. The fourth-order valence-corrected chi connectivity index (χ4v) is 11.7. The van der Waals surface area contributed by atoms with Crippen molar-refractivity contribution in [2.24, 2.45) is 58.2 Å². The molecule has 44 heavy (non-hydrogen) atoms. The van der Waals surface area contributed by atoms with Gasteiger partial charge in [0.05, 0.1) is 12.7 Å². The van der Waals surface area contributed by atoms with Crippen molar-refractivity contribution in [1.82, 2.24) is 0 Å². The van der Waals surface area contributed by atoms with Crippen LogP contribution in [0.1, 0.15) is 112 Å². The third-order valence-corrected chi connectivity index (χ3v) is 14.7. The standard InChI is InChI=1S/C34H57O9P/c1-19(2)20(3)7-8-21(4)25-11-12-26-24-10-9-22-17-23(13-15-33(22,5)27(24)14-16-34(25,26)6)42-44(39,40)43-31-29(37)30(28(36)18-35)41-32(31)38/h19-28,30-31,35-36H,7-18H2,1-6H3,(H,39,40)/t20?,21-,22-,23-,24-,25+,26-,27-,28?,30?,31?,33-,34+/m0/s1. The van der Waals surface area contributed by atoms with Gasteiger partial charge in [-0.25, -0.2) is 9.36 Å². The molecule has 0 radical (unpaired) electrons. The summed E-state index contributed by atoms with van der Waals surface area (Å²) in [5, 5.41) is 18.8. The molecule has 0 aromatic heterocycles. The monoisotopic (exact) mass is 640 g/mol. The molecular formula is C34H57O9P. The molecule has 10 heteroatoms. The zero-order chi connectivity index (χ0) is 32.2. The van der Waals surface area contributed by atoms with Crippen LogP contribution in [0.2, 0.25) is 0 Å². The molecule has 5 unspecified atom stereocenters. The molecule has 5 aliphatic rings. The van der Waals surface area contributed by atoms with Crippen LogP contribution < -0.4 is 0 Å². The average molecular weight is 641 g/mol. The topological polar surface area (TPSA) is 140 Å². The average Bonchev–Trinajstić information content (AvgIpc) is 3.46. The van der Waals surface area contributed by atoms with Crippen LogP contribution in [0.25, 0.3) is 0 Å². The summed E-state index contributed by atoms with van der Waals surface area (Å²) in [7, 11) is -4.77. The molecule has 3 N–H and O–H groups in total. The lowest BCUT2D eigenvalue weighted by Crippen LogP contribution is -2.54. The summed E-state index contributed by atoms with van der Waals surface area (Å²) in [6, 6.07) is 0. The molecule has 0 aromatic carbocycles. The van der Waals surface area contributed by atoms with Crippen LogP contribution in [-0.2, 0) is 27.9 Å². The van der Waals surface area contributed by atoms with Crippen molar-refractivity contribution in [2.45, 2.75) is 137 Å². The minimum Gasteiger partial charge on any atom is -0.449 e. The van der Waals surface area contributed by atoms with Gasteiger partial charge in [-0.3, -0.25) is 13.8 Å². The predicted molar refractivity (Wildman–Crippen MR) is 165 cm³/mol. The fraction of sp³-hybridized carbons (Fsp3) is 0.941. The van der Waals surface area contributed by atoms with Crippen LogP contribution >= 0.6 is 7.82 Å². The van der Waals surface area contributed by atoms with Gasteiger partial charge >= 0.3 is 13.8 Å². The van der Waals surface area contributed by atoms with Crippen LogP contribution in [0, 0.1) is 58.2 Å². The normalized spacial score (nSPS) is 43.9. The minimum atomic E-state index is -4.77. The number of fused-ring (bicyclic) bond motifs is 5. The summed E-state index contributed by atoms with van der Waals surface area (Å²) < 4.78 is 28.3. The van der Waals surface area contributed by atoms with E-state index in [4.69, 9.17) is 18.9 Å². The number of Topliss-reactive ketones (excluding diaryl/α,β-unsaturated/α-hetero) is 1. The lowest BCUT2D eigenvalue weighted by Gasteiger charge is -2.61. The number of ketones is 1. The molecule has 0 amide bonds. The van der Waals surface area contributed by atoms with Gasteiger partial charge in [0.15, 0.2) is 6.10 Å². The number of rotatable bonds is 11. The molecule has 9 nitrogen and oxygen atoms in total. The van der Waals surface area contributed by atoms with E-state index in [1.54, 1.807) is 0 Å². The van der Waals surface area contributed by atoms with E-state index in [2.05, 4.69) is 41.5 Å². The number of ether oxygens (including phenoxy) is 1. The second kappa shape index (κ2) is 13.0. The molecular weight excluding hydrogens is 583 g/mol. The molecule has 1 saturated heterocycles. The maximum atomic E-state index is 12.9. The van der Waals surface area contributed by atoms with Gasteiger partial charge in [0.2, 0.25) is 11.9 Å². The van der Waals surface area contributed by atoms with E-state index >= 15 is 0 Å². The number of carbonyl (C=O) groups excluding carboxylic acids is 2. The highest BCUT2D eigenvalue weighted by molar-refractivity contribution is 7.47. The van der Waals surface area contributed by atoms with Crippen molar-refractivity contribution in [3.05, 3.63) is 0 Å². The zero-order valence-electron chi connectivity index (χ0n) is 27.7. The Morgan fingerprint density at radius 2 is 1.61 bits per heavy atom. The quantitative estimate of drug-likeness (QED) is 0.139. The van der Waals surface area contributed by atoms with Gasteiger partial charge in [-0.15, -0.1) is 0 Å². The number of cyclic esters (lactones) is 1. The van der Waals surface area contributed by atoms with E-state index in [0.29, 0.717) is 30.1 Å². The van der Waals surface area contributed by atoms with Crippen LogP contribution in [0.5, 0.6) is 0 Å². The van der Waals surface area contributed by atoms with Crippen molar-refractivity contribution in [1.29, 1.82) is 0 Å². The first kappa shape index (κ1) is 34.5. The van der Waals surface area contributed by atoms with Crippen molar-refractivity contribution in [3.63, 3.8) is 0 Å². The number of aliphatic hydroxyl groups excluding tert-OH is 2. The number of phosphoric ester groups is 1. The minimum absolute atomic E-state index is 0.166. The van der Waals surface area contributed by atoms with Crippen molar-refractivity contribution < 1.29 is 43.0 Å². The van der Waals surface area contributed by atoms with Gasteiger partial charge in [0.1, 0.15) is 6.10 Å². The number of aliphatic hydroxyl groups is 2. The van der Waals surface area contributed by atoms with E-state index in [1.807, 2.05) is 0 Å². The second-order valence-corrected chi connectivity index (χ2v) is 17.5. The molecule has 0 aromatic rings. The molecule has 1 aliphatic heterocycles. The van der Waals surface area contributed by atoms with Gasteiger partial charge < -0.3 is 19.8 Å². The Hall–Kier alpha value is -0.830. The van der Waals surface area contributed by atoms with Gasteiger partial charge in [0, 0.05) is 0 Å². The Balaban J connectivity index is 1.19. The lowest BCUT2D eigenvalue weighted by molar-refractivity contribution is -0.151. The first-order chi connectivity index (χ1) is 20.6. The van der Waals surface area contributed by atoms with Gasteiger partial charge in [-0.05, 0) is 116 Å². The number of phosphoric acid groups is 1. The summed E-state index contributed by atoms with van der Waals surface area (Å²) in [6.07, 6.45) is 6.67. The molecule has 5 rings (SSSR count). The fourth-order valence-electron chi connectivity index (χ4n) is 10.7. The molecule has 0 spiro atoms. The Kier molecular flexibility index (Phi) is 10.2. The maximum absolute atomic E-state index is 12.9. The molecule has 252 valence electrons. The summed E-state index contributed by atoms with van der Waals surface area (Å²) in [4.78, 5) is 35.1. The van der Waals surface area contributed by atoms with E-state index in [1.165, 1.54) is 44.9 Å². The zero-order valence-corrected chi connectivity index (χ0v) is 28.5. The SMILES string of the molecule is CC(C)C(C)CC[C@H](C)[C@H]1CC[C@H]2[C@@H]3CC[C@H]4C[C@@H](OP(=O)(O)OC5C(=O)OC(C(O)CO)C5=O)CC[C@]4(C)[C@H]3CC[C@]12C. The second-order valence-electron chi connectivity index (χ2n) is 16.1. The smallest absolute Gasteiger partial charge is 0.449 e. The van der Waals surface area contributed by atoms with Crippen molar-refractivity contribution in [3.8, 4) is 0 Å². The van der Waals surface area contributed by atoms with Crippen molar-refractivity contribution >= 4 is 19.6 Å². The first-order valence-corrected chi connectivity index (χ1v) is 18.8. The highest BCUT2D eigenvalue weighted by Crippen LogP contribution is 2.69. The number of esters is 1. The molecule has 14 atom stereocenters. The van der Waals surface area contributed by atoms with E-state index in [9.17, 15) is 24.2 Å². The van der Waals surface area contributed by atoms with Gasteiger partial charge in [-0.2, -0.15) is 0 Å². The molecule has 4 saturated carbocycles. The Labute approximate surface area is 263 Å². The Bertz CT molecular complexity index is 1110. The van der Waals surface area contributed by atoms with E-state index in [-0.39, 0.29) is 5.41 Å². The van der Waals surface area contributed by atoms with Crippen LogP contribution in [0.3, 0.4) is 0 Å². The van der Waals surface area contributed by atoms with Crippen molar-refractivity contribution in [2.75, 3.05) is 6.61 Å². The third kappa shape index (κ3) is 6.36. The molecule has 0 bridgehead atoms. The maximum Gasteiger partial charge on any atom is 0.473 e. The van der Waals surface area contributed by atoms with E-state index in [0.717, 1.165) is 48.3 Å². The Morgan fingerprint density at radius 3 is 2.30 bits per heavy atom. The van der Waals surface area contributed by atoms with Crippen LogP contribution in [0.15, 0.2) is 0 Å². The Morgan fingerprint density at radius 1 is 0.932 bits per heavy atom. The number of carbonyl (C=O) groups is 2. The predicted octanol–water partition coefficient (Wildman–Crippen LogP) is 6.07. The summed E-state index contributed by atoms with van der Waals surface area (Å²) >= 11 is 0. The number of hydrogen-bond donors (Lipinski definition) is 3. The van der Waals surface area contributed by atoms with Crippen LogP contribution in [0.4, 0.5) is 0 Å². The summed E-state index contributed by atoms with van der Waals surface area (Å²) in [6.45, 7) is 13.9. The van der Waals surface area contributed by atoms with E-state index < -0.39 is 50.6 Å². The third-order valence-electron chi connectivity index (χ3n) is 13.6. The van der Waals surface area contributed by atoms with Gasteiger partial charge in [-0.1, -0.05) is 54.4 Å². The number of hydrogen-bond acceptors (Lipinski definition) is 8. The molecule has 4 aliphatic carbocycles. The first-order valence-electron chi connectivity index (χ1n) is 17.3. The summed E-state index contributed by atoms with van der Waals surface area (Å²) in [5.74, 6) is 3.50. The highest BCUT2D eigenvalue weighted by atomic mass is 31.2. The van der Waals surface area contributed by atoms with Crippen LogP contribution in [-0.4, -0.2) is 57.9 Å². The molecule has 1 heterocycles.